The Kier molecular flexibility index (Phi) is 10.1. The van der Waals surface area contributed by atoms with E-state index in [-0.39, 0.29) is 19.2 Å². The van der Waals surface area contributed by atoms with Gasteiger partial charge in [0.15, 0.2) is 0 Å². The van der Waals surface area contributed by atoms with Crippen LogP contribution in [0.25, 0.3) is 0 Å². The molecular weight excluding hydrogens is 332 g/mol. The standard InChI is InChI=1S/C16H30O7Si/c1-13(2)14(17)22-11-9-16(3,4)15(18)23-10-8-12-24(19-5,20-6)21-7/h1,8-12H2,2-7H3. The summed E-state index contributed by atoms with van der Waals surface area (Å²) in [5, 5.41) is 0. The fourth-order valence-corrected chi connectivity index (χ4v) is 3.52. The van der Waals surface area contributed by atoms with Gasteiger partial charge < -0.3 is 22.8 Å². The maximum atomic E-state index is 12.1. The second-order valence-electron chi connectivity index (χ2n) is 6.08. The van der Waals surface area contributed by atoms with E-state index in [1.165, 1.54) is 0 Å². The normalized spacial score (nSPS) is 11.9. The molecule has 0 aliphatic rings. The average Bonchev–Trinajstić information content (AvgIpc) is 2.55. The Morgan fingerprint density at radius 2 is 1.54 bits per heavy atom. The Morgan fingerprint density at radius 3 is 2.00 bits per heavy atom. The van der Waals surface area contributed by atoms with E-state index in [0.717, 1.165) is 0 Å². The van der Waals surface area contributed by atoms with E-state index in [1.807, 2.05) is 0 Å². The number of carbonyl (C=O) groups is 2. The molecule has 0 aromatic heterocycles. The second-order valence-corrected chi connectivity index (χ2v) is 9.18. The van der Waals surface area contributed by atoms with Crippen LogP contribution in [0, 0.1) is 5.41 Å². The van der Waals surface area contributed by atoms with Gasteiger partial charge in [0.25, 0.3) is 0 Å². The summed E-state index contributed by atoms with van der Waals surface area (Å²) >= 11 is 0. The quantitative estimate of drug-likeness (QED) is 0.228. The predicted octanol–water partition coefficient (Wildman–Crippen LogP) is 2.33. The summed E-state index contributed by atoms with van der Waals surface area (Å²) in [4.78, 5) is 23.5. The summed E-state index contributed by atoms with van der Waals surface area (Å²) < 4.78 is 26.2. The van der Waals surface area contributed by atoms with E-state index in [0.29, 0.717) is 24.5 Å². The maximum Gasteiger partial charge on any atom is 0.500 e. The van der Waals surface area contributed by atoms with Crippen molar-refractivity contribution in [2.24, 2.45) is 5.41 Å². The van der Waals surface area contributed by atoms with Gasteiger partial charge in [-0.15, -0.1) is 0 Å². The lowest BCUT2D eigenvalue weighted by Gasteiger charge is -2.25. The lowest BCUT2D eigenvalue weighted by molar-refractivity contribution is -0.156. The van der Waals surface area contributed by atoms with Crippen LogP contribution >= 0.6 is 0 Å². The zero-order chi connectivity index (χ0) is 18.8. The Morgan fingerprint density at radius 1 is 1.00 bits per heavy atom. The smallest absolute Gasteiger partial charge is 0.465 e. The molecule has 0 bridgehead atoms. The molecule has 8 heteroatoms. The summed E-state index contributed by atoms with van der Waals surface area (Å²) in [6, 6.07) is 0.556. The zero-order valence-electron chi connectivity index (χ0n) is 15.6. The molecule has 0 rings (SSSR count). The molecule has 24 heavy (non-hydrogen) atoms. The molecule has 0 heterocycles. The third-order valence-electron chi connectivity index (χ3n) is 3.65. The van der Waals surface area contributed by atoms with Crippen LogP contribution < -0.4 is 0 Å². The molecule has 0 atom stereocenters. The maximum absolute atomic E-state index is 12.1. The van der Waals surface area contributed by atoms with E-state index in [2.05, 4.69) is 6.58 Å². The van der Waals surface area contributed by atoms with Gasteiger partial charge in [-0.1, -0.05) is 6.58 Å². The Labute approximate surface area is 145 Å². The van der Waals surface area contributed by atoms with Crippen molar-refractivity contribution < 1.29 is 32.3 Å². The fourth-order valence-electron chi connectivity index (χ4n) is 1.83. The highest BCUT2D eigenvalue weighted by Crippen LogP contribution is 2.23. The van der Waals surface area contributed by atoms with Gasteiger partial charge in [-0.3, -0.25) is 4.79 Å². The molecule has 0 aromatic rings. The molecule has 7 nitrogen and oxygen atoms in total. The first-order valence-electron chi connectivity index (χ1n) is 7.79. The number of esters is 2. The minimum Gasteiger partial charge on any atom is -0.465 e. The van der Waals surface area contributed by atoms with Crippen LogP contribution in [0.2, 0.25) is 6.04 Å². The highest BCUT2D eigenvalue weighted by atomic mass is 28.4. The molecule has 0 saturated heterocycles. The lowest BCUT2D eigenvalue weighted by atomic mass is 9.90. The summed E-state index contributed by atoms with van der Waals surface area (Å²) in [6.07, 6.45) is 0.950. The largest absolute Gasteiger partial charge is 0.500 e. The highest BCUT2D eigenvalue weighted by Gasteiger charge is 2.37. The SMILES string of the molecule is C=C(C)C(=O)OCCC(C)(C)C(=O)OCCC[Si](OC)(OC)OC. The van der Waals surface area contributed by atoms with E-state index in [4.69, 9.17) is 22.8 Å². The van der Waals surface area contributed by atoms with Crippen molar-refractivity contribution in [1.29, 1.82) is 0 Å². The summed E-state index contributed by atoms with van der Waals surface area (Å²) in [5.41, 5.74) is -0.411. The third-order valence-corrected chi connectivity index (χ3v) is 6.49. The van der Waals surface area contributed by atoms with E-state index in [9.17, 15) is 9.59 Å². The van der Waals surface area contributed by atoms with Crippen LogP contribution in [-0.2, 0) is 32.3 Å². The van der Waals surface area contributed by atoms with Crippen molar-refractivity contribution in [1.82, 2.24) is 0 Å². The first kappa shape index (κ1) is 22.8. The monoisotopic (exact) mass is 362 g/mol. The summed E-state index contributed by atoms with van der Waals surface area (Å²) in [5.74, 6) is -0.799. The van der Waals surface area contributed by atoms with Gasteiger partial charge in [-0.25, -0.2) is 4.79 Å². The molecule has 0 saturated carbocycles. The topological polar surface area (TPSA) is 80.3 Å². The van der Waals surface area contributed by atoms with Gasteiger partial charge in [-0.2, -0.15) is 0 Å². The second kappa shape index (κ2) is 10.6. The molecule has 0 unspecified atom stereocenters. The van der Waals surface area contributed by atoms with E-state index < -0.39 is 20.2 Å². The fraction of sp³-hybridized carbons (Fsp3) is 0.750. The molecule has 140 valence electrons. The van der Waals surface area contributed by atoms with Crippen LogP contribution in [0.1, 0.15) is 33.6 Å². The molecule has 0 amide bonds. The predicted molar refractivity (Wildman–Crippen MR) is 91.3 cm³/mol. The number of hydrogen-bond acceptors (Lipinski definition) is 7. The first-order valence-corrected chi connectivity index (χ1v) is 9.72. The van der Waals surface area contributed by atoms with Crippen LogP contribution in [0.3, 0.4) is 0 Å². The minimum atomic E-state index is -2.64. The van der Waals surface area contributed by atoms with Crippen molar-refractivity contribution in [2.75, 3.05) is 34.5 Å². The van der Waals surface area contributed by atoms with Crippen molar-refractivity contribution >= 4 is 20.7 Å². The number of carbonyl (C=O) groups excluding carboxylic acids is 2. The Balaban J connectivity index is 4.21. The Bertz CT molecular complexity index is 422. The van der Waals surface area contributed by atoms with Crippen molar-refractivity contribution in [3.63, 3.8) is 0 Å². The summed E-state index contributed by atoms with van der Waals surface area (Å²) in [7, 11) is 1.99. The first-order chi connectivity index (χ1) is 11.1. The van der Waals surface area contributed by atoms with Crippen molar-refractivity contribution in [2.45, 2.75) is 39.7 Å². The number of ether oxygens (including phenoxy) is 2. The molecule has 0 aromatic carbocycles. The number of hydrogen-bond donors (Lipinski definition) is 0. The van der Waals surface area contributed by atoms with Crippen LogP contribution in [0.4, 0.5) is 0 Å². The lowest BCUT2D eigenvalue weighted by Crippen LogP contribution is -2.42. The van der Waals surface area contributed by atoms with Gasteiger partial charge in [-0.05, 0) is 33.6 Å². The average molecular weight is 362 g/mol. The van der Waals surface area contributed by atoms with Crippen LogP contribution in [0.15, 0.2) is 12.2 Å². The molecule has 0 N–H and O–H groups in total. The van der Waals surface area contributed by atoms with Gasteiger partial charge in [0.2, 0.25) is 0 Å². The van der Waals surface area contributed by atoms with E-state index in [1.54, 1.807) is 42.1 Å². The molecule has 0 spiro atoms. The van der Waals surface area contributed by atoms with Gasteiger partial charge in [0, 0.05) is 32.9 Å². The molecule has 0 aliphatic carbocycles. The Hall–Kier alpha value is -1.22. The zero-order valence-corrected chi connectivity index (χ0v) is 16.6. The van der Waals surface area contributed by atoms with E-state index >= 15 is 0 Å². The summed E-state index contributed by atoms with van der Waals surface area (Å²) in [6.45, 7) is 8.97. The van der Waals surface area contributed by atoms with Gasteiger partial charge in [0.05, 0.1) is 18.6 Å². The highest BCUT2D eigenvalue weighted by molar-refractivity contribution is 6.60. The van der Waals surface area contributed by atoms with Gasteiger partial charge >= 0.3 is 20.7 Å². The molecule has 0 aliphatic heterocycles. The molecule has 0 radical (unpaired) electrons. The van der Waals surface area contributed by atoms with Crippen molar-refractivity contribution in [3.8, 4) is 0 Å². The van der Waals surface area contributed by atoms with Gasteiger partial charge in [0.1, 0.15) is 0 Å². The molecular formula is C16H30O7Si. The van der Waals surface area contributed by atoms with Crippen molar-refractivity contribution in [3.05, 3.63) is 12.2 Å². The third kappa shape index (κ3) is 7.56. The number of rotatable bonds is 12. The van der Waals surface area contributed by atoms with Crippen LogP contribution in [0.5, 0.6) is 0 Å². The molecule has 0 fully saturated rings. The van der Waals surface area contributed by atoms with Crippen LogP contribution in [-0.4, -0.2) is 55.3 Å². The minimum absolute atomic E-state index is 0.140.